The van der Waals surface area contributed by atoms with Gasteiger partial charge < -0.3 is 10.2 Å². The van der Waals surface area contributed by atoms with Gasteiger partial charge in [0.1, 0.15) is 0 Å². The van der Waals surface area contributed by atoms with Gasteiger partial charge in [0.05, 0.1) is 11.8 Å². The summed E-state index contributed by atoms with van der Waals surface area (Å²) in [4.78, 5) is 27.6. The Morgan fingerprint density at radius 1 is 1.00 bits per heavy atom. The fourth-order valence-electron chi connectivity index (χ4n) is 3.78. The summed E-state index contributed by atoms with van der Waals surface area (Å²) in [5.74, 6) is 0.489. The molecule has 1 N–H and O–H groups in total. The van der Waals surface area contributed by atoms with E-state index in [0.717, 1.165) is 42.7 Å². The van der Waals surface area contributed by atoms with Gasteiger partial charge in [-0.3, -0.25) is 9.59 Å². The standard InChI is InChI=1S/C23H36N2O2/c1-7-12-25(13-8-2)23(27)20-14-19(20)22(26)24-21-17(15(3)4)10-9-11-18(21)16(5)6/h9-11,15-16,19-20H,7-8,12-14H2,1-6H3,(H,24,26). The molecule has 2 rings (SSSR count). The molecule has 0 spiro atoms. The van der Waals surface area contributed by atoms with Gasteiger partial charge >= 0.3 is 0 Å². The van der Waals surface area contributed by atoms with Crippen molar-refractivity contribution in [2.24, 2.45) is 11.8 Å². The Morgan fingerprint density at radius 3 is 1.96 bits per heavy atom. The first kappa shape index (κ1) is 21.5. The Hall–Kier alpha value is -1.84. The van der Waals surface area contributed by atoms with Crippen molar-refractivity contribution in [1.29, 1.82) is 0 Å². The van der Waals surface area contributed by atoms with Crippen molar-refractivity contribution in [2.75, 3.05) is 18.4 Å². The fraction of sp³-hybridized carbons (Fsp3) is 0.652. The van der Waals surface area contributed by atoms with Crippen LogP contribution in [-0.2, 0) is 9.59 Å². The third-order valence-electron chi connectivity index (χ3n) is 5.36. The van der Waals surface area contributed by atoms with Gasteiger partial charge in [0.25, 0.3) is 0 Å². The van der Waals surface area contributed by atoms with Crippen LogP contribution in [0.2, 0.25) is 0 Å². The molecular weight excluding hydrogens is 336 g/mol. The van der Waals surface area contributed by atoms with E-state index in [1.807, 2.05) is 4.90 Å². The Labute approximate surface area is 164 Å². The number of anilines is 1. The molecule has 4 nitrogen and oxygen atoms in total. The highest BCUT2D eigenvalue weighted by Crippen LogP contribution is 2.42. The van der Waals surface area contributed by atoms with Crippen molar-refractivity contribution in [1.82, 2.24) is 4.90 Å². The van der Waals surface area contributed by atoms with E-state index >= 15 is 0 Å². The van der Waals surface area contributed by atoms with Crippen LogP contribution < -0.4 is 5.32 Å². The van der Waals surface area contributed by atoms with Crippen LogP contribution in [0.3, 0.4) is 0 Å². The average molecular weight is 373 g/mol. The second-order valence-corrected chi connectivity index (χ2v) is 8.38. The average Bonchev–Trinajstić information content (AvgIpc) is 3.41. The summed E-state index contributed by atoms with van der Waals surface area (Å²) in [6.07, 6.45) is 2.58. The summed E-state index contributed by atoms with van der Waals surface area (Å²) >= 11 is 0. The highest BCUT2D eigenvalue weighted by atomic mass is 16.2. The molecule has 1 aliphatic rings. The number of rotatable bonds is 9. The first-order chi connectivity index (χ1) is 12.8. The normalized spacial score (nSPS) is 18.7. The second kappa shape index (κ2) is 9.38. The van der Waals surface area contributed by atoms with Crippen LogP contribution >= 0.6 is 0 Å². The van der Waals surface area contributed by atoms with Crippen LogP contribution in [0, 0.1) is 11.8 Å². The summed E-state index contributed by atoms with van der Waals surface area (Å²) < 4.78 is 0. The van der Waals surface area contributed by atoms with Crippen LogP contribution in [-0.4, -0.2) is 29.8 Å². The second-order valence-electron chi connectivity index (χ2n) is 8.38. The number of hydrogen-bond acceptors (Lipinski definition) is 2. The topological polar surface area (TPSA) is 49.4 Å². The van der Waals surface area contributed by atoms with E-state index in [2.05, 4.69) is 65.1 Å². The lowest BCUT2D eigenvalue weighted by molar-refractivity contribution is -0.134. The number of benzene rings is 1. The zero-order chi connectivity index (χ0) is 20.1. The molecule has 2 unspecified atom stereocenters. The third-order valence-corrected chi connectivity index (χ3v) is 5.36. The van der Waals surface area contributed by atoms with Crippen LogP contribution in [0.1, 0.15) is 83.8 Å². The lowest BCUT2D eigenvalue weighted by atomic mass is 9.92. The number of amides is 2. The maximum Gasteiger partial charge on any atom is 0.228 e. The molecule has 2 atom stereocenters. The molecule has 0 radical (unpaired) electrons. The minimum absolute atomic E-state index is 0.00343. The lowest BCUT2D eigenvalue weighted by Gasteiger charge is -2.22. The molecule has 27 heavy (non-hydrogen) atoms. The van der Waals surface area contributed by atoms with Gasteiger partial charge in [-0.15, -0.1) is 0 Å². The highest BCUT2D eigenvalue weighted by Gasteiger charge is 2.49. The minimum atomic E-state index is -0.186. The Kier molecular flexibility index (Phi) is 7.46. The summed E-state index contributed by atoms with van der Waals surface area (Å²) in [5.41, 5.74) is 3.28. The van der Waals surface area contributed by atoms with Gasteiger partial charge in [0, 0.05) is 18.8 Å². The van der Waals surface area contributed by atoms with Crippen molar-refractivity contribution in [2.45, 2.75) is 72.6 Å². The predicted octanol–water partition coefficient (Wildman–Crippen LogP) is 5.16. The Bertz CT molecular complexity index is 634. The van der Waals surface area contributed by atoms with E-state index in [-0.39, 0.29) is 23.7 Å². The van der Waals surface area contributed by atoms with Crippen LogP contribution in [0.25, 0.3) is 0 Å². The van der Waals surface area contributed by atoms with Crippen LogP contribution in [0.5, 0.6) is 0 Å². The van der Waals surface area contributed by atoms with Crippen LogP contribution in [0.15, 0.2) is 18.2 Å². The molecule has 1 aliphatic carbocycles. The van der Waals surface area contributed by atoms with Gasteiger partial charge in [-0.25, -0.2) is 0 Å². The molecule has 1 aromatic rings. The van der Waals surface area contributed by atoms with E-state index in [9.17, 15) is 9.59 Å². The molecule has 4 heteroatoms. The van der Waals surface area contributed by atoms with E-state index < -0.39 is 0 Å². The molecule has 1 aromatic carbocycles. The number of hydrogen-bond donors (Lipinski definition) is 1. The molecule has 150 valence electrons. The SMILES string of the molecule is CCCN(CCC)C(=O)C1CC1C(=O)Nc1c(C(C)C)cccc1C(C)C. The van der Waals surface area contributed by atoms with E-state index in [4.69, 9.17) is 0 Å². The summed E-state index contributed by atoms with van der Waals surface area (Å²) in [7, 11) is 0. The number of carbonyl (C=O) groups excluding carboxylic acids is 2. The van der Waals surface area contributed by atoms with E-state index in [1.165, 1.54) is 0 Å². The van der Waals surface area contributed by atoms with Gasteiger partial charge in [-0.2, -0.15) is 0 Å². The monoisotopic (exact) mass is 372 g/mol. The molecular formula is C23H36N2O2. The first-order valence-electron chi connectivity index (χ1n) is 10.5. The zero-order valence-electron chi connectivity index (χ0n) is 17.8. The number of nitrogens with zero attached hydrogens (tertiary/aromatic N) is 1. The molecule has 0 bridgehead atoms. The molecule has 2 amide bonds. The number of para-hydroxylation sites is 1. The van der Waals surface area contributed by atoms with E-state index in [1.54, 1.807) is 0 Å². The Balaban J connectivity index is 2.12. The predicted molar refractivity (Wildman–Crippen MR) is 112 cm³/mol. The number of nitrogens with one attached hydrogen (secondary N) is 1. The largest absolute Gasteiger partial charge is 0.342 e. The molecule has 0 aromatic heterocycles. The van der Waals surface area contributed by atoms with Gasteiger partial charge in [0.15, 0.2) is 0 Å². The number of carbonyl (C=O) groups is 2. The van der Waals surface area contributed by atoms with E-state index in [0.29, 0.717) is 18.3 Å². The van der Waals surface area contributed by atoms with Gasteiger partial charge in [-0.05, 0) is 42.2 Å². The maximum atomic E-state index is 12.9. The minimum Gasteiger partial charge on any atom is -0.342 e. The van der Waals surface area contributed by atoms with Crippen LogP contribution in [0.4, 0.5) is 5.69 Å². The van der Waals surface area contributed by atoms with Gasteiger partial charge in [-0.1, -0.05) is 59.7 Å². The lowest BCUT2D eigenvalue weighted by Crippen LogP contribution is -2.34. The molecule has 0 saturated heterocycles. The maximum absolute atomic E-state index is 12.9. The summed E-state index contributed by atoms with van der Waals surface area (Å²) in [6, 6.07) is 6.25. The first-order valence-corrected chi connectivity index (χ1v) is 10.5. The van der Waals surface area contributed by atoms with Gasteiger partial charge in [0.2, 0.25) is 11.8 Å². The molecule has 1 saturated carbocycles. The highest BCUT2D eigenvalue weighted by molar-refractivity contribution is 6.00. The Morgan fingerprint density at radius 2 is 1.52 bits per heavy atom. The van der Waals surface area contributed by atoms with Crippen molar-refractivity contribution in [3.8, 4) is 0 Å². The third kappa shape index (κ3) is 5.12. The van der Waals surface area contributed by atoms with Crippen molar-refractivity contribution in [3.63, 3.8) is 0 Å². The fourth-order valence-corrected chi connectivity index (χ4v) is 3.78. The van der Waals surface area contributed by atoms with Crippen molar-refractivity contribution >= 4 is 17.5 Å². The quantitative estimate of drug-likeness (QED) is 0.651. The summed E-state index contributed by atoms with van der Waals surface area (Å²) in [5, 5.41) is 3.18. The zero-order valence-corrected chi connectivity index (χ0v) is 17.8. The smallest absolute Gasteiger partial charge is 0.228 e. The molecule has 1 fully saturated rings. The molecule has 0 aliphatic heterocycles. The molecule has 0 heterocycles. The van der Waals surface area contributed by atoms with Crippen molar-refractivity contribution < 1.29 is 9.59 Å². The summed E-state index contributed by atoms with van der Waals surface area (Å²) in [6.45, 7) is 14.3. The van der Waals surface area contributed by atoms with Crippen molar-refractivity contribution in [3.05, 3.63) is 29.3 Å².